The number of nitrogens with zero attached hydrogens (tertiary/aromatic N) is 1. The molecule has 0 aliphatic carbocycles. The molecule has 0 radical (unpaired) electrons. The predicted molar refractivity (Wildman–Crippen MR) is 76.8 cm³/mol. The molecule has 7 heteroatoms. The molecule has 0 aliphatic rings. The maximum absolute atomic E-state index is 12.1. The first-order valence-corrected chi connectivity index (χ1v) is 8.16. The number of nitrogen functional groups attached to an aromatic ring is 1. The molecule has 0 aliphatic heterocycles. The fourth-order valence-corrected chi connectivity index (χ4v) is 4.05. The molecule has 0 saturated heterocycles. The van der Waals surface area contributed by atoms with Crippen LogP contribution in [0.3, 0.4) is 0 Å². The Bertz CT molecular complexity index is 528. The van der Waals surface area contributed by atoms with Gasteiger partial charge >= 0.3 is 0 Å². The highest BCUT2D eigenvalue weighted by Gasteiger charge is 2.24. The minimum atomic E-state index is -3.34. The van der Waals surface area contributed by atoms with Gasteiger partial charge in [-0.05, 0) is 31.8 Å². The van der Waals surface area contributed by atoms with Gasteiger partial charge in [0.15, 0.2) is 15.7 Å². The number of anilines is 2. The zero-order valence-corrected chi connectivity index (χ0v) is 12.5. The highest BCUT2D eigenvalue weighted by Crippen LogP contribution is 2.32. The summed E-state index contributed by atoms with van der Waals surface area (Å²) in [5.41, 5.74) is 6.82. The lowest BCUT2D eigenvalue weighted by molar-refractivity contribution is 0.595. The van der Waals surface area contributed by atoms with Crippen molar-refractivity contribution in [3.63, 3.8) is 0 Å². The largest absolute Gasteiger partial charge is 0.382 e. The van der Waals surface area contributed by atoms with Gasteiger partial charge in [-0.3, -0.25) is 0 Å². The highest BCUT2D eigenvalue weighted by atomic mass is 32.2. The van der Waals surface area contributed by atoms with Crippen LogP contribution in [0, 0.1) is 0 Å². The first-order chi connectivity index (χ1) is 8.38. The Morgan fingerprint density at radius 3 is 2.72 bits per heavy atom. The van der Waals surface area contributed by atoms with E-state index in [1.165, 1.54) is 0 Å². The molecule has 0 fully saturated rings. The van der Waals surface area contributed by atoms with Gasteiger partial charge in [0.1, 0.15) is 9.90 Å². The number of hydrogen-bond donors (Lipinski definition) is 2. The Kier molecular flexibility index (Phi) is 5.15. The Balaban J connectivity index is 2.99. The summed E-state index contributed by atoms with van der Waals surface area (Å²) in [4.78, 5) is 0.150. The normalized spacial score (nSPS) is 11.3. The van der Waals surface area contributed by atoms with Crippen molar-refractivity contribution >= 4 is 32.2 Å². The van der Waals surface area contributed by atoms with Crippen molar-refractivity contribution in [2.24, 2.45) is 0 Å². The number of allylic oxidation sites excluding steroid dienone is 1. The molecule has 0 spiro atoms. The summed E-state index contributed by atoms with van der Waals surface area (Å²) in [5.74, 6) is 0.181. The number of aromatic nitrogens is 1. The van der Waals surface area contributed by atoms with Gasteiger partial charge < -0.3 is 11.1 Å². The molecule has 1 aromatic rings. The van der Waals surface area contributed by atoms with Crippen LogP contribution in [0.1, 0.15) is 27.2 Å². The van der Waals surface area contributed by atoms with Crippen molar-refractivity contribution in [2.45, 2.75) is 32.1 Å². The minimum absolute atomic E-state index is 0.0902. The summed E-state index contributed by atoms with van der Waals surface area (Å²) in [6.07, 6.45) is 2.54. The van der Waals surface area contributed by atoms with Gasteiger partial charge in [0.05, 0.1) is 5.75 Å². The van der Waals surface area contributed by atoms with E-state index in [9.17, 15) is 8.42 Å². The topological polar surface area (TPSA) is 85.1 Å². The van der Waals surface area contributed by atoms with E-state index in [0.717, 1.165) is 17.1 Å². The van der Waals surface area contributed by atoms with E-state index < -0.39 is 9.84 Å². The molecule has 0 unspecified atom stereocenters. The summed E-state index contributed by atoms with van der Waals surface area (Å²) in [7, 11) is -3.34. The Labute approximate surface area is 112 Å². The molecule has 3 N–H and O–H groups in total. The van der Waals surface area contributed by atoms with Crippen LogP contribution in [0.15, 0.2) is 16.5 Å². The molecule has 18 heavy (non-hydrogen) atoms. The maximum atomic E-state index is 12.1. The van der Waals surface area contributed by atoms with Gasteiger partial charge in [0, 0.05) is 6.54 Å². The summed E-state index contributed by atoms with van der Waals surface area (Å²) in [6, 6.07) is 0. The maximum Gasteiger partial charge on any atom is 0.185 e. The fourth-order valence-electron chi connectivity index (χ4n) is 1.43. The van der Waals surface area contributed by atoms with Crippen molar-refractivity contribution in [1.29, 1.82) is 0 Å². The average molecular weight is 289 g/mol. The van der Waals surface area contributed by atoms with Crippen LogP contribution in [0.25, 0.3) is 0 Å². The van der Waals surface area contributed by atoms with E-state index in [0.29, 0.717) is 18.0 Å². The molecular formula is C11H19N3O2S2. The number of rotatable bonds is 6. The van der Waals surface area contributed by atoms with Crippen molar-refractivity contribution in [3.05, 3.63) is 11.6 Å². The monoisotopic (exact) mass is 289 g/mol. The van der Waals surface area contributed by atoms with Crippen molar-refractivity contribution in [3.8, 4) is 0 Å². The fraction of sp³-hybridized carbons (Fsp3) is 0.545. The van der Waals surface area contributed by atoms with E-state index in [1.54, 1.807) is 0 Å². The second-order valence-electron chi connectivity index (χ2n) is 4.21. The molecule has 0 saturated carbocycles. The standard InChI is InChI=1S/C11H19N3O2S2/c1-4-7-18(15,16)9-10(12)14-17-11(9)13-6-5-8(2)3/h5,13H,4,6-7H2,1-3H3,(H2,12,14). The van der Waals surface area contributed by atoms with Gasteiger partial charge in [0.25, 0.3) is 0 Å². The number of sulfone groups is 1. The zero-order valence-electron chi connectivity index (χ0n) is 10.9. The number of nitrogens with two attached hydrogens (primary N) is 1. The second kappa shape index (κ2) is 6.19. The summed E-state index contributed by atoms with van der Waals surface area (Å²) in [5, 5.41) is 3.58. The van der Waals surface area contributed by atoms with E-state index in [4.69, 9.17) is 5.73 Å². The number of hydrogen-bond acceptors (Lipinski definition) is 6. The lowest BCUT2D eigenvalue weighted by atomic mass is 10.3. The molecule has 1 heterocycles. The summed E-state index contributed by atoms with van der Waals surface area (Å²) in [6.45, 7) is 6.36. The van der Waals surface area contributed by atoms with Gasteiger partial charge in [-0.2, -0.15) is 4.37 Å². The van der Waals surface area contributed by atoms with Crippen LogP contribution in [0.2, 0.25) is 0 Å². The van der Waals surface area contributed by atoms with Gasteiger partial charge in [-0.25, -0.2) is 8.42 Å². The Hall–Kier alpha value is -1.08. The SMILES string of the molecule is CCCS(=O)(=O)c1c(N)nsc1NCC=C(C)C. The quantitative estimate of drug-likeness (QED) is 0.785. The number of nitrogens with one attached hydrogen (secondary N) is 1. The van der Waals surface area contributed by atoms with Gasteiger partial charge in [-0.15, -0.1) is 0 Å². The lowest BCUT2D eigenvalue weighted by Gasteiger charge is -2.06. The van der Waals surface area contributed by atoms with Crippen LogP contribution in [0.4, 0.5) is 10.8 Å². The minimum Gasteiger partial charge on any atom is -0.382 e. The molecule has 5 nitrogen and oxygen atoms in total. The van der Waals surface area contributed by atoms with Crippen molar-refractivity contribution in [1.82, 2.24) is 4.37 Å². The zero-order chi connectivity index (χ0) is 13.8. The summed E-state index contributed by atoms with van der Waals surface area (Å²) >= 11 is 1.09. The van der Waals surface area contributed by atoms with Crippen LogP contribution in [-0.4, -0.2) is 25.1 Å². The first-order valence-electron chi connectivity index (χ1n) is 5.73. The third-order valence-corrected chi connectivity index (χ3v) is 5.16. The molecule has 1 rings (SSSR count). The van der Waals surface area contributed by atoms with Crippen LogP contribution < -0.4 is 11.1 Å². The van der Waals surface area contributed by atoms with Gasteiger partial charge in [0.2, 0.25) is 0 Å². The van der Waals surface area contributed by atoms with Gasteiger partial charge in [-0.1, -0.05) is 18.6 Å². The average Bonchev–Trinajstić information content (AvgIpc) is 2.60. The third kappa shape index (κ3) is 3.71. The van der Waals surface area contributed by atoms with E-state index >= 15 is 0 Å². The van der Waals surface area contributed by atoms with E-state index in [-0.39, 0.29) is 16.5 Å². The summed E-state index contributed by atoms with van der Waals surface area (Å²) < 4.78 is 28.0. The molecule has 0 amide bonds. The van der Waals surface area contributed by atoms with Crippen molar-refractivity contribution < 1.29 is 8.42 Å². The van der Waals surface area contributed by atoms with Crippen LogP contribution >= 0.6 is 11.5 Å². The lowest BCUT2D eigenvalue weighted by Crippen LogP contribution is -2.10. The van der Waals surface area contributed by atoms with E-state index in [1.807, 2.05) is 26.8 Å². The molecule has 0 atom stereocenters. The third-order valence-electron chi connectivity index (χ3n) is 2.23. The smallest absolute Gasteiger partial charge is 0.185 e. The molecule has 102 valence electrons. The van der Waals surface area contributed by atoms with Crippen LogP contribution in [-0.2, 0) is 9.84 Å². The molecular weight excluding hydrogens is 270 g/mol. The highest BCUT2D eigenvalue weighted by molar-refractivity contribution is 7.91. The molecule has 0 aromatic carbocycles. The molecule has 0 bridgehead atoms. The van der Waals surface area contributed by atoms with E-state index in [2.05, 4.69) is 9.69 Å². The predicted octanol–water partition coefficient (Wildman–Crippen LogP) is 2.29. The Morgan fingerprint density at radius 2 is 2.17 bits per heavy atom. The first kappa shape index (κ1) is 15.0. The van der Waals surface area contributed by atoms with Crippen molar-refractivity contribution in [2.75, 3.05) is 23.3 Å². The molecule has 1 aromatic heterocycles. The second-order valence-corrected chi connectivity index (χ2v) is 7.03. The van der Waals surface area contributed by atoms with Crippen LogP contribution in [0.5, 0.6) is 0 Å². The Morgan fingerprint density at radius 1 is 1.50 bits per heavy atom.